The quantitative estimate of drug-likeness (QED) is 0.761. The molecule has 1 aliphatic carbocycles. The molecule has 1 saturated carbocycles. The smallest absolute Gasteiger partial charge is 0.226 e. The Balaban J connectivity index is 1.57. The Bertz CT molecular complexity index is 286. The minimum absolute atomic E-state index is 0.0317. The van der Waals surface area contributed by atoms with Crippen LogP contribution in [-0.4, -0.2) is 24.0 Å². The van der Waals surface area contributed by atoms with Crippen LogP contribution in [0.1, 0.15) is 51.9 Å². The lowest BCUT2D eigenvalue weighted by Gasteiger charge is -2.30. The van der Waals surface area contributed by atoms with Crippen molar-refractivity contribution >= 4 is 5.91 Å². The summed E-state index contributed by atoms with van der Waals surface area (Å²) in [5, 5.41) is 6.91. The summed E-state index contributed by atoms with van der Waals surface area (Å²) >= 11 is 0. The van der Waals surface area contributed by atoms with Crippen LogP contribution in [0, 0.1) is 5.41 Å². The van der Waals surface area contributed by atoms with Gasteiger partial charge < -0.3 is 10.6 Å². The lowest BCUT2D eigenvalue weighted by molar-refractivity contribution is -0.127. The zero-order chi connectivity index (χ0) is 11.2. The fourth-order valence-corrected chi connectivity index (χ4v) is 3.41. The summed E-state index contributed by atoms with van der Waals surface area (Å²) in [5.74, 6) is 0.335. The first-order valence-electron chi connectivity index (χ1n) is 6.79. The second kappa shape index (κ2) is 3.73. The van der Waals surface area contributed by atoms with Crippen molar-refractivity contribution in [3.8, 4) is 0 Å². The van der Waals surface area contributed by atoms with Crippen molar-refractivity contribution in [2.45, 2.75) is 70.0 Å². The number of amides is 1. The van der Waals surface area contributed by atoms with Gasteiger partial charge in [0.05, 0.1) is 0 Å². The van der Waals surface area contributed by atoms with Gasteiger partial charge in [-0.15, -0.1) is 0 Å². The van der Waals surface area contributed by atoms with Crippen molar-refractivity contribution in [2.75, 3.05) is 0 Å². The molecule has 2 heterocycles. The van der Waals surface area contributed by atoms with Crippen LogP contribution >= 0.6 is 0 Å². The SMILES string of the molecule is CCC1(C(=O)NC2CC3CCC(C2)N3)CC1. The van der Waals surface area contributed by atoms with E-state index >= 15 is 0 Å². The van der Waals surface area contributed by atoms with Crippen LogP contribution < -0.4 is 10.6 Å². The van der Waals surface area contributed by atoms with E-state index in [-0.39, 0.29) is 5.41 Å². The van der Waals surface area contributed by atoms with Gasteiger partial charge in [-0.25, -0.2) is 0 Å². The Morgan fingerprint density at radius 1 is 1.31 bits per heavy atom. The van der Waals surface area contributed by atoms with Crippen LogP contribution in [0.3, 0.4) is 0 Å². The third kappa shape index (κ3) is 1.75. The maximum absolute atomic E-state index is 12.1. The predicted octanol–water partition coefficient (Wildman–Crippen LogP) is 1.58. The molecule has 3 nitrogen and oxygen atoms in total. The normalized spacial score (nSPS) is 39.4. The highest BCUT2D eigenvalue weighted by Crippen LogP contribution is 2.49. The third-order valence-corrected chi connectivity index (χ3v) is 4.82. The van der Waals surface area contributed by atoms with E-state index in [0.717, 1.165) is 32.1 Å². The van der Waals surface area contributed by atoms with E-state index in [1.54, 1.807) is 0 Å². The molecule has 2 unspecified atom stereocenters. The first-order chi connectivity index (χ1) is 7.72. The van der Waals surface area contributed by atoms with Gasteiger partial charge in [0, 0.05) is 23.5 Å². The van der Waals surface area contributed by atoms with Crippen molar-refractivity contribution in [1.29, 1.82) is 0 Å². The molecule has 3 rings (SSSR count). The van der Waals surface area contributed by atoms with Gasteiger partial charge in [-0.1, -0.05) is 6.92 Å². The molecule has 0 radical (unpaired) electrons. The molecule has 90 valence electrons. The number of hydrogen-bond donors (Lipinski definition) is 2. The summed E-state index contributed by atoms with van der Waals surface area (Å²) in [4.78, 5) is 12.1. The van der Waals surface area contributed by atoms with E-state index in [0.29, 0.717) is 24.0 Å². The van der Waals surface area contributed by atoms with Crippen molar-refractivity contribution in [3.05, 3.63) is 0 Å². The first kappa shape index (κ1) is 10.6. The monoisotopic (exact) mass is 222 g/mol. The van der Waals surface area contributed by atoms with Crippen molar-refractivity contribution in [3.63, 3.8) is 0 Å². The van der Waals surface area contributed by atoms with Crippen LogP contribution in [0.25, 0.3) is 0 Å². The number of carbonyl (C=O) groups excluding carboxylic acids is 1. The Morgan fingerprint density at radius 3 is 2.44 bits per heavy atom. The predicted molar refractivity (Wildman–Crippen MR) is 63.1 cm³/mol. The highest BCUT2D eigenvalue weighted by molar-refractivity contribution is 5.85. The van der Waals surface area contributed by atoms with Gasteiger partial charge in [0.15, 0.2) is 0 Å². The molecule has 16 heavy (non-hydrogen) atoms. The van der Waals surface area contributed by atoms with Gasteiger partial charge in [0.1, 0.15) is 0 Å². The molecule has 2 N–H and O–H groups in total. The molecule has 0 aromatic rings. The summed E-state index contributed by atoms with van der Waals surface area (Å²) in [6.07, 6.45) is 8.10. The summed E-state index contributed by atoms with van der Waals surface area (Å²) in [7, 11) is 0. The van der Waals surface area contributed by atoms with E-state index in [9.17, 15) is 4.79 Å². The van der Waals surface area contributed by atoms with Gasteiger partial charge in [0.2, 0.25) is 5.91 Å². The average Bonchev–Trinajstić information content (AvgIpc) is 3.01. The van der Waals surface area contributed by atoms with Crippen LogP contribution in [0.5, 0.6) is 0 Å². The highest BCUT2D eigenvalue weighted by Gasteiger charge is 2.48. The third-order valence-electron chi connectivity index (χ3n) is 4.82. The number of nitrogens with one attached hydrogen (secondary N) is 2. The van der Waals surface area contributed by atoms with Crippen molar-refractivity contribution < 1.29 is 4.79 Å². The summed E-state index contributed by atoms with van der Waals surface area (Å²) in [6, 6.07) is 1.77. The van der Waals surface area contributed by atoms with Crippen molar-refractivity contribution in [2.24, 2.45) is 5.41 Å². The minimum Gasteiger partial charge on any atom is -0.353 e. The molecule has 2 bridgehead atoms. The average molecular weight is 222 g/mol. The molecule has 1 amide bonds. The molecule has 2 atom stereocenters. The molecule has 3 heteroatoms. The van der Waals surface area contributed by atoms with Crippen LogP contribution in [0.2, 0.25) is 0 Å². The molecule has 0 aromatic heterocycles. The van der Waals surface area contributed by atoms with Crippen LogP contribution in [0.4, 0.5) is 0 Å². The van der Waals surface area contributed by atoms with Gasteiger partial charge >= 0.3 is 0 Å². The number of hydrogen-bond acceptors (Lipinski definition) is 2. The Morgan fingerprint density at radius 2 is 1.94 bits per heavy atom. The summed E-state index contributed by atoms with van der Waals surface area (Å²) < 4.78 is 0. The number of fused-ring (bicyclic) bond motifs is 2. The van der Waals surface area contributed by atoms with E-state index in [2.05, 4.69) is 17.6 Å². The minimum atomic E-state index is 0.0317. The molecule has 0 aromatic carbocycles. The fraction of sp³-hybridized carbons (Fsp3) is 0.923. The van der Waals surface area contributed by atoms with Crippen LogP contribution in [-0.2, 0) is 4.79 Å². The molecule has 0 spiro atoms. The molecule has 2 aliphatic heterocycles. The lowest BCUT2D eigenvalue weighted by Crippen LogP contribution is -2.49. The summed E-state index contributed by atoms with van der Waals surface area (Å²) in [6.45, 7) is 2.14. The number of carbonyl (C=O) groups is 1. The van der Waals surface area contributed by atoms with Gasteiger partial charge in [-0.2, -0.15) is 0 Å². The molecule has 2 saturated heterocycles. The molecular formula is C13H22N2O. The maximum atomic E-state index is 12.1. The summed E-state index contributed by atoms with van der Waals surface area (Å²) in [5.41, 5.74) is 0.0317. The topological polar surface area (TPSA) is 41.1 Å². The second-order valence-electron chi connectivity index (χ2n) is 5.91. The van der Waals surface area contributed by atoms with E-state index in [1.807, 2.05) is 0 Å². The van der Waals surface area contributed by atoms with Crippen LogP contribution in [0.15, 0.2) is 0 Å². The number of rotatable bonds is 3. The molecular weight excluding hydrogens is 200 g/mol. The lowest BCUT2D eigenvalue weighted by atomic mass is 9.97. The van der Waals surface area contributed by atoms with E-state index in [4.69, 9.17) is 0 Å². The fourth-order valence-electron chi connectivity index (χ4n) is 3.41. The standard InChI is InChI=1S/C13H22N2O/c1-2-13(5-6-13)12(16)15-11-7-9-3-4-10(8-11)14-9/h9-11,14H,2-8H2,1H3,(H,15,16). The largest absolute Gasteiger partial charge is 0.353 e. The van der Waals surface area contributed by atoms with Gasteiger partial charge in [-0.05, 0) is 44.9 Å². The highest BCUT2D eigenvalue weighted by atomic mass is 16.2. The Hall–Kier alpha value is -0.570. The molecule has 3 aliphatic rings. The Kier molecular flexibility index (Phi) is 2.46. The first-order valence-corrected chi connectivity index (χ1v) is 6.79. The second-order valence-corrected chi connectivity index (χ2v) is 5.91. The zero-order valence-corrected chi connectivity index (χ0v) is 10.1. The van der Waals surface area contributed by atoms with E-state index < -0.39 is 0 Å². The Labute approximate surface area is 97.4 Å². The van der Waals surface area contributed by atoms with E-state index in [1.165, 1.54) is 12.8 Å². The van der Waals surface area contributed by atoms with Gasteiger partial charge in [0.25, 0.3) is 0 Å². The maximum Gasteiger partial charge on any atom is 0.226 e. The van der Waals surface area contributed by atoms with Gasteiger partial charge in [-0.3, -0.25) is 4.79 Å². The van der Waals surface area contributed by atoms with Crippen molar-refractivity contribution in [1.82, 2.24) is 10.6 Å². The number of piperidine rings is 1. The zero-order valence-electron chi connectivity index (χ0n) is 10.1. The molecule has 3 fully saturated rings.